The lowest BCUT2D eigenvalue weighted by atomic mass is 10.2. The number of hydrogen-bond acceptors (Lipinski definition) is 4. The average Bonchev–Trinajstić information content (AvgIpc) is 3.16. The second-order valence-electron chi connectivity index (χ2n) is 5.96. The molecule has 2 aromatic carbocycles. The van der Waals surface area contributed by atoms with Gasteiger partial charge >= 0.3 is 0 Å². The van der Waals surface area contributed by atoms with Crippen LogP contribution in [0.3, 0.4) is 0 Å². The molecule has 0 bridgehead atoms. The summed E-state index contributed by atoms with van der Waals surface area (Å²) >= 11 is 1.53. The summed E-state index contributed by atoms with van der Waals surface area (Å²) in [6.45, 7) is 0.325. The number of amides is 1. The molecular weight excluding hydrogens is 380 g/mol. The summed E-state index contributed by atoms with van der Waals surface area (Å²) in [7, 11) is -3.58. The maximum Gasteiger partial charge on any atom is 0.240 e. The van der Waals surface area contributed by atoms with Gasteiger partial charge in [0.1, 0.15) is 0 Å². The van der Waals surface area contributed by atoms with Crippen LogP contribution in [0, 0.1) is 0 Å². The summed E-state index contributed by atoms with van der Waals surface area (Å²) in [6, 6.07) is 19.7. The molecule has 1 aromatic heterocycles. The number of sulfonamides is 1. The van der Waals surface area contributed by atoms with Crippen molar-refractivity contribution in [2.24, 2.45) is 0 Å². The summed E-state index contributed by atoms with van der Waals surface area (Å²) < 4.78 is 27.3. The first-order valence-corrected chi connectivity index (χ1v) is 10.8. The molecule has 0 unspecified atom stereocenters. The fraction of sp³-hybridized carbons (Fsp3) is 0.150. The zero-order chi connectivity index (χ0) is 19.1. The van der Waals surface area contributed by atoms with E-state index in [9.17, 15) is 13.2 Å². The van der Waals surface area contributed by atoms with Gasteiger partial charge in [-0.2, -0.15) is 0 Å². The van der Waals surface area contributed by atoms with E-state index < -0.39 is 10.0 Å². The SMILES string of the molecule is O=C(Cc1cccs1)Nc1ccc(S(=O)(=O)NCCc2ccccc2)cc1. The minimum Gasteiger partial charge on any atom is -0.326 e. The smallest absolute Gasteiger partial charge is 0.240 e. The molecule has 7 heteroatoms. The van der Waals surface area contributed by atoms with Crippen molar-refractivity contribution in [2.75, 3.05) is 11.9 Å². The summed E-state index contributed by atoms with van der Waals surface area (Å²) in [5.41, 5.74) is 1.64. The molecule has 0 fully saturated rings. The first-order valence-electron chi connectivity index (χ1n) is 8.49. The molecule has 140 valence electrons. The van der Waals surface area contributed by atoms with Gasteiger partial charge in [0.25, 0.3) is 0 Å². The van der Waals surface area contributed by atoms with Crippen molar-refractivity contribution in [1.29, 1.82) is 0 Å². The lowest BCUT2D eigenvalue weighted by Crippen LogP contribution is -2.26. The topological polar surface area (TPSA) is 75.3 Å². The Labute approximate surface area is 163 Å². The Kier molecular flexibility index (Phi) is 6.39. The van der Waals surface area contributed by atoms with Gasteiger partial charge in [0, 0.05) is 17.1 Å². The normalized spacial score (nSPS) is 11.3. The second kappa shape index (κ2) is 8.94. The monoisotopic (exact) mass is 400 g/mol. The maximum absolute atomic E-state index is 12.4. The Balaban J connectivity index is 1.54. The average molecular weight is 401 g/mol. The summed E-state index contributed by atoms with van der Waals surface area (Å²) in [5.74, 6) is -0.131. The van der Waals surface area contributed by atoms with Crippen LogP contribution in [-0.2, 0) is 27.7 Å². The number of hydrogen-bond donors (Lipinski definition) is 2. The fourth-order valence-electron chi connectivity index (χ4n) is 2.55. The number of anilines is 1. The Morgan fingerprint density at radius 2 is 1.67 bits per heavy atom. The molecule has 1 heterocycles. The van der Waals surface area contributed by atoms with Crippen LogP contribution < -0.4 is 10.0 Å². The van der Waals surface area contributed by atoms with Crippen LogP contribution in [0.4, 0.5) is 5.69 Å². The third kappa shape index (κ3) is 5.75. The molecule has 0 saturated heterocycles. The van der Waals surface area contributed by atoms with E-state index in [1.807, 2.05) is 47.8 Å². The molecule has 5 nitrogen and oxygen atoms in total. The number of benzene rings is 2. The first kappa shape index (κ1) is 19.3. The highest BCUT2D eigenvalue weighted by Crippen LogP contribution is 2.15. The van der Waals surface area contributed by atoms with E-state index in [-0.39, 0.29) is 10.8 Å². The lowest BCUT2D eigenvalue weighted by molar-refractivity contribution is -0.115. The van der Waals surface area contributed by atoms with Crippen molar-refractivity contribution in [3.05, 3.63) is 82.6 Å². The quantitative estimate of drug-likeness (QED) is 0.608. The molecule has 0 atom stereocenters. The first-order chi connectivity index (χ1) is 13.0. The number of carbonyl (C=O) groups excluding carboxylic acids is 1. The Bertz CT molecular complexity index is 968. The molecule has 0 aliphatic rings. The van der Waals surface area contributed by atoms with Crippen molar-refractivity contribution < 1.29 is 13.2 Å². The highest BCUT2D eigenvalue weighted by Gasteiger charge is 2.13. The van der Waals surface area contributed by atoms with Crippen LogP contribution in [0.15, 0.2) is 77.0 Å². The highest BCUT2D eigenvalue weighted by molar-refractivity contribution is 7.89. The van der Waals surface area contributed by atoms with Gasteiger partial charge in [0.2, 0.25) is 15.9 Å². The van der Waals surface area contributed by atoms with E-state index in [4.69, 9.17) is 0 Å². The predicted molar refractivity (Wildman–Crippen MR) is 108 cm³/mol. The molecule has 0 aliphatic heterocycles. The zero-order valence-electron chi connectivity index (χ0n) is 14.6. The van der Waals surface area contributed by atoms with Crippen molar-refractivity contribution in [3.8, 4) is 0 Å². The minimum absolute atomic E-state index is 0.131. The van der Waals surface area contributed by atoms with Crippen molar-refractivity contribution in [3.63, 3.8) is 0 Å². The molecule has 3 aromatic rings. The molecule has 1 amide bonds. The van der Waals surface area contributed by atoms with Gasteiger partial charge in [0.15, 0.2) is 0 Å². The number of carbonyl (C=O) groups is 1. The molecule has 3 rings (SSSR count). The number of thiophene rings is 1. The van der Waals surface area contributed by atoms with Crippen molar-refractivity contribution >= 4 is 33.0 Å². The van der Waals surface area contributed by atoms with E-state index >= 15 is 0 Å². The largest absolute Gasteiger partial charge is 0.326 e. The Morgan fingerprint density at radius 3 is 2.33 bits per heavy atom. The molecule has 0 aliphatic carbocycles. The molecule has 2 N–H and O–H groups in total. The van der Waals surface area contributed by atoms with Crippen LogP contribution in [0.5, 0.6) is 0 Å². The Morgan fingerprint density at radius 1 is 0.926 bits per heavy atom. The second-order valence-corrected chi connectivity index (χ2v) is 8.76. The number of rotatable bonds is 8. The van der Waals surface area contributed by atoms with Gasteiger partial charge in [-0.05, 0) is 47.7 Å². The molecular formula is C20H20N2O3S2. The van der Waals surface area contributed by atoms with Gasteiger partial charge in [0.05, 0.1) is 11.3 Å². The maximum atomic E-state index is 12.4. The van der Waals surface area contributed by atoms with Gasteiger partial charge in [-0.15, -0.1) is 11.3 Å². The van der Waals surface area contributed by atoms with E-state index in [0.717, 1.165) is 10.4 Å². The fourth-order valence-corrected chi connectivity index (χ4v) is 4.29. The molecule has 27 heavy (non-hydrogen) atoms. The molecule has 0 spiro atoms. The highest BCUT2D eigenvalue weighted by atomic mass is 32.2. The summed E-state index contributed by atoms with van der Waals surface area (Å²) in [6.07, 6.45) is 0.926. The van der Waals surface area contributed by atoms with Crippen LogP contribution >= 0.6 is 11.3 Å². The van der Waals surface area contributed by atoms with Gasteiger partial charge < -0.3 is 5.32 Å². The Hall–Kier alpha value is -2.48. The van der Waals surface area contributed by atoms with Gasteiger partial charge in [-0.25, -0.2) is 13.1 Å². The van der Waals surface area contributed by atoms with Crippen molar-refractivity contribution in [1.82, 2.24) is 4.72 Å². The van der Waals surface area contributed by atoms with Gasteiger partial charge in [-0.1, -0.05) is 36.4 Å². The number of nitrogens with one attached hydrogen (secondary N) is 2. The zero-order valence-corrected chi connectivity index (χ0v) is 16.2. The minimum atomic E-state index is -3.58. The van der Waals surface area contributed by atoms with Crippen LogP contribution in [0.1, 0.15) is 10.4 Å². The van der Waals surface area contributed by atoms with Crippen LogP contribution in [0.25, 0.3) is 0 Å². The predicted octanol–water partition coefficient (Wildman–Crippen LogP) is 3.45. The van der Waals surface area contributed by atoms with E-state index in [1.54, 1.807) is 12.1 Å². The van der Waals surface area contributed by atoms with E-state index in [0.29, 0.717) is 25.1 Å². The van der Waals surface area contributed by atoms with E-state index in [1.165, 1.54) is 23.5 Å². The summed E-state index contributed by atoms with van der Waals surface area (Å²) in [4.78, 5) is 13.2. The summed E-state index contributed by atoms with van der Waals surface area (Å²) in [5, 5.41) is 4.70. The molecule has 0 saturated carbocycles. The third-order valence-corrected chi connectivity index (χ3v) is 6.27. The third-order valence-electron chi connectivity index (χ3n) is 3.91. The molecule has 0 radical (unpaired) electrons. The van der Waals surface area contributed by atoms with Crippen LogP contribution in [0.2, 0.25) is 0 Å². The standard InChI is InChI=1S/C20H20N2O3S2/c23-20(15-18-7-4-14-26-18)22-17-8-10-19(11-9-17)27(24,25)21-13-12-16-5-2-1-3-6-16/h1-11,14,21H,12-13,15H2,(H,22,23). The van der Waals surface area contributed by atoms with Crippen LogP contribution in [-0.4, -0.2) is 20.9 Å². The lowest BCUT2D eigenvalue weighted by Gasteiger charge is -2.09. The van der Waals surface area contributed by atoms with Crippen molar-refractivity contribution in [2.45, 2.75) is 17.7 Å². The van der Waals surface area contributed by atoms with Gasteiger partial charge in [-0.3, -0.25) is 4.79 Å². The van der Waals surface area contributed by atoms with E-state index in [2.05, 4.69) is 10.0 Å².